The van der Waals surface area contributed by atoms with Crippen LogP contribution in [-0.2, 0) is 38.9 Å². The van der Waals surface area contributed by atoms with E-state index in [2.05, 4.69) is 10.6 Å². The van der Waals surface area contributed by atoms with E-state index in [1.165, 1.54) is 12.2 Å². The minimum atomic E-state index is -1.25. The highest BCUT2D eigenvalue weighted by atomic mass is 16.6. The SMILES string of the molecule is CN(C)c1ccc2c(c1)Oc1cc(N(C)C)ccc1C21OC(=O)c2cc(C(=O)NCCOCCOCCOCCNC(=O)CCN3C(=O)C=CC3=O)ccc21. The van der Waals surface area contributed by atoms with Crippen LogP contribution in [0.2, 0.25) is 0 Å². The summed E-state index contributed by atoms with van der Waals surface area (Å²) in [5, 5.41) is 5.51. The number of hydrogen-bond acceptors (Lipinski definition) is 12. The fourth-order valence-electron chi connectivity index (χ4n) is 6.50. The van der Waals surface area contributed by atoms with Gasteiger partial charge in [0, 0.05) is 112 Å². The molecule has 0 fully saturated rings. The summed E-state index contributed by atoms with van der Waals surface area (Å²) < 4.78 is 29.3. The number of benzene rings is 3. The number of anilines is 2. The van der Waals surface area contributed by atoms with Crippen LogP contribution in [0.3, 0.4) is 0 Å². The molecule has 6 rings (SSSR count). The van der Waals surface area contributed by atoms with Gasteiger partial charge in [-0.2, -0.15) is 0 Å². The van der Waals surface area contributed by atoms with Crippen molar-refractivity contribution < 1.29 is 47.7 Å². The molecular weight excluding hydrogens is 710 g/mol. The van der Waals surface area contributed by atoms with Crippen LogP contribution in [0, 0.1) is 0 Å². The summed E-state index contributed by atoms with van der Waals surface area (Å²) in [5.74, 6) is -0.825. The van der Waals surface area contributed by atoms with Gasteiger partial charge in [-0.05, 0) is 36.4 Å². The monoisotopic (exact) mass is 755 g/mol. The Morgan fingerprint density at radius 2 is 1.22 bits per heavy atom. The first-order chi connectivity index (χ1) is 26.5. The molecule has 15 nitrogen and oxygen atoms in total. The van der Waals surface area contributed by atoms with Gasteiger partial charge >= 0.3 is 5.97 Å². The van der Waals surface area contributed by atoms with E-state index in [9.17, 15) is 24.0 Å². The first-order valence-electron chi connectivity index (χ1n) is 18.0. The highest BCUT2D eigenvalue weighted by Gasteiger charge is 2.53. The summed E-state index contributed by atoms with van der Waals surface area (Å²) in [7, 11) is 7.78. The normalized spacial score (nSPS) is 14.6. The van der Waals surface area contributed by atoms with Crippen molar-refractivity contribution in [3.63, 3.8) is 0 Å². The molecule has 4 amide bonds. The third kappa shape index (κ3) is 8.48. The molecule has 3 aliphatic rings. The highest BCUT2D eigenvalue weighted by Crippen LogP contribution is 2.57. The van der Waals surface area contributed by atoms with Gasteiger partial charge in [-0.1, -0.05) is 6.07 Å². The van der Waals surface area contributed by atoms with E-state index < -0.39 is 23.4 Å². The van der Waals surface area contributed by atoms with E-state index in [4.69, 9.17) is 23.7 Å². The van der Waals surface area contributed by atoms with Gasteiger partial charge in [0.05, 0.1) is 45.2 Å². The van der Waals surface area contributed by atoms with Gasteiger partial charge in [-0.3, -0.25) is 24.1 Å². The molecule has 3 heterocycles. The number of fused-ring (bicyclic) bond motifs is 6. The van der Waals surface area contributed by atoms with Gasteiger partial charge in [0.2, 0.25) is 5.91 Å². The molecule has 55 heavy (non-hydrogen) atoms. The number of nitrogens with one attached hydrogen (secondary N) is 2. The van der Waals surface area contributed by atoms with Gasteiger partial charge < -0.3 is 44.1 Å². The maximum Gasteiger partial charge on any atom is 0.340 e. The van der Waals surface area contributed by atoms with Gasteiger partial charge in [0.1, 0.15) is 11.5 Å². The Morgan fingerprint density at radius 1 is 0.691 bits per heavy atom. The van der Waals surface area contributed by atoms with Gasteiger partial charge in [-0.15, -0.1) is 0 Å². The van der Waals surface area contributed by atoms with Crippen molar-refractivity contribution in [2.45, 2.75) is 12.0 Å². The zero-order chi connectivity index (χ0) is 39.1. The lowest BCUT2D eigenvalue weighted by atomic mass is 9.77. The lowest BCUT2D eigenvalue weighted by molar-refractivity contribution is -0.137. The second kappa shape index (κ2) is 17.1. The molecule has 15 heteroatoms. The van der Waals surface area contributed by atoms with Crippen LogP contribution < -0.4 is 25.2 Å². The molecule has 3 aromatic carbocycles. The minimum Gasteiger partial charge on any atom is -0.456 e. The number of imide groups is 1. The molecule has 2 N–H and O–H groups in total. The molecule has 3 aliphatic heterocycles. The molecule has 0 radical (unpaired) electrons. The van der Waals surface area contributed by atoms with Crippen LogP contribution in [0.25, 0.3) is 0 Å². The standard InChI is InChI=1S/C40H45N5O10/c1-43(2)27-6-9-31-33(24-27)54-34-25-28(44(3)4)7-10-32(34)40(31)30-8-5-26(23-29(30)39(50)55-40)38(49)42-15-18-52-20-22-53-21-19-51-17-14-41-35(46)13-16-45-36(47)11-12-37(45)48/h5-12,23-25H,13-22H2,1-4H3,(H,41,46)(H,42,49). The van der Waals surface area contributed by atoms with Crippen molar-refractivity contribution in [2.75, 3.05) is 97.3 Å². The molecule has 0 saturated heterocycles. The van der Waals surface area contributed by atoms with E-state index in [1.807, 2.05) is 74.4 Å². The Hall–Kier alpha value is -5.77. The van der Waals surface area contributed by atoms with Gasteiger partial charge in [0.15, 0.2) is 5.60 Å². The lowest BCUT2D eigenvalue weighted by Crippen LogP contribution is -2.35. The van der Waals surface area contributed by atoms with Gasteiger partial charge in [0.25, 0.3) is 17.7 Å². The van der Waals surface area contributed by atoms with Crippen molar-refractivity contribution in [1.29, 1.82) is 0 Å². The van der Waals surface area contributed by atoms with E-state index >= 15 is 0 Å². The smallest absolute Gasteiger partial charge is 0.340 e. The molecule has 0 aliphatic carbocycles. The average Bonchev–Trinajstić information content (AvgIpc) is 3.65. The van der Waals surface area contributed by atoms with Crippen LogP contribution >= 0.6 is 0 Å². The fraction of sp³-hybridized carbons (Fsp3) is 0.375. The fourth-order valence-corrected chi connectivity index (χ4v) is 6.50. The number of esters is 1. The van der Waals surface area contributed by atoms with Crippen molar-refractivity contribution in [2.24, 2.45) is 0 Å². The van der Waals surface area contributed by atoms with Crippen molar-refractivity contribution in [3.8, 4) is 11.5 Å². The van der Waals surface area contributed by atoms with Crippen molar-refractivity contribution >= 4 is 41.0 Å². The Bertz CT molecular complexity index is 1920. The lowest BCUT2D eigenvalue weighted by Gasteiger charge is -2.37. The van der Waals surface area contributed by atoms with Gasteiger partial charge in [-0.25, -0.2) is 4.79 Å². The van der Waals surface area contributed by atoms with E-state index in [0.717, 1.165) is 16.3 Å². The first kappa shape index (κ1) is 38.9. The van der Waals surface area contributed by atoms with E-state index in [0.29, 0.717) is 72.3 Å². The molecule has 0 saturated carbocycles. The number of ether oxygens (including phenoxy) is 5. The molecular formula is C40H45N5O10. The second-order valence-electron chi connectivity index (χ2n) is 13.4. The Morgan fingerprint density at radius 3 is 1.78 bits per heavy atom. The summed E-state index contributed by atoms with van der Waals surface area (Å²) in [5.41, 5.74) is 3.28. The van der Waals surface area contributed by atoms with Crippen LogP contribution in [-0.4, -0.2) is 122 Å². The largest absolute Gasteiger partial charge is 0.456 e. The summed E-state index contributed by atoms with van der Waals surface area (Å²) >= 11 is 0. The molecule has 290 valence electrons. The van der Waals surface area contributed by atoms with E-state index in [1.54, 1.807) is 18.2 Å². The second-order valence-corrected chi connectivity index (χ2v) is 13.4. The predicted molar refractivity (Wildman–Crippen MR) is 202 cm³/mol. The predicted octanol–water partition coefficient (Wildman–Crippen LogP) is 2.60. The molecule has 0 bridgehead atoms. The molecule has 1 spiro atoms. The Labute approximate surface area is 319 Å². The maximum atomic E-state index is 13.6. The third-order valence-corrected chi connectivity index (χ3v) is 9.38. The summed E-state index contributed by atoms with van der Waals surface area (Å²) in [6.07, 6.45) is 2.39. The Kier molecular flexibility index (Phi) is 12.1. The maximum absolute atomic E-state index is 13.6. The number of nitrogens with zero attached hydrogens (tertiary/aromatic N) is 3. The molecule has 0 unspecified atom stereocenters. The molecule has 0 atom stereocenters. The number of amides is 4. The van der Waals surface area contributed by atoms with Crippen LogP contribution in [0.4, 0.5) is 11.4 Å². The first-order valence-corrected chi connectivity index (χ1v) is 18.0. The summed E-state index contributed by atoms with van der Waals surface area (Å²) in [4.78, 5) is 66.6. The van der Waals surface area contributed by atoms with Crippen molar-refractivity contribution in [3.05, 3.63) is 94.6 Å². The number of rotatable bonds is 18. The zero-order valence-electron chi connectivity index (χ0n) is 31.3. The summed E-state index contributed by atoms with van der Waals surface area (Å²) in [6, 6.07) is 16.7. The number of hydrogen-bond donors (Lipinski definition) is 2. The van der Waals surface area contributed by atoms with Crippen LogP contribution in [0.1, 0.15) is 43.8 Å². The minimum absolute atomic E-state index is 0.0238. The third-order valence-electron chi connectivity index (χ3n) is 9.38. The van der Waals surface area contributed by atoms with Crippen molar-refractivity contribution in [1.82, 2.24) is 15.5 Å². The Balaban J connectivity index is 0.931. The molecule has 3 aromatic rings. The quantitative estimate of drug-likeness (QED) is 0.111. The van der Waals surface area contributed by atoms with Crippen LogP contribution in [0.5, 0.6) is 11.5 Å². The van der Waals surface area contributed by atoms with Crippen LogP contribution in [0.15, 0.2) is 66.7 Å². The molecule has 0 aromatic heterocycles. The number of carbonyl (C=O) groups excluding carboxylic acids is 5. The number of carbonyl (C=O) groups is 5. The highest BCUT2D eigenvalue weighted by molar-refractivity contribution is 6.13. The zero-order valence-corrected chi connectivity index (χ0v) is 31.3. The summed E-state index contributed by atoms with van der Waals surface area (Å²) in [6.45, 7) is 2.42. The average molecular weight is 756 g/mol. The van der Waals surface area contributed by atoms with E-state index in [-0.39, 0.29) is 44.5 Å². The topological polar surface area (TPSA) is 165 Å².